The number of rotatable bonds is 6. The van der Waals surface area contributed by atoms with Crippen LogP contribution in [0.1, 0.15) is 30.4 Å². The Balaban J connectivity index is 2.16. The SMILES string of the molecule is COc1ccc(-c2ncc(C(=O)NC(C)(CN)C(C)C)s2)cc1. The van der Waals surface area contributed by atoms with E-state index in [0.717, 1.165) is 16.3 Å². The van der Waals surface area contributed by atoms with Crippen molar-refractivity contribution in [2.24, 2.45) is 11.7 Å². The van der Waals surface area contributed by atoms with Gasteiger partial charge in [-0.1, -0.05) is 13.8 Å². The Morgan fingerprint density at radius 2 is 2.04 bits per heavy atom. The summed E-state index contributed by atoms with van der Waals surface area (Å²) in [7, 11) is 1.63. The Bertz CT molecular complexity index is 667. The molecule has 0 saturated carbocycles. The number of nitrogens with zero attached hydrogens (tertiary/aromatic N) is 1. The van der Waals surface area contributed by atoms with Gasteiger partial charge in [-0.05, 0) is 37.1 Å². The third-order valence-corrected chi connectivity index (χ3v) is 5.21. The van der Waals surface area contributed by atoms with Crippen LogP contribution < -0.4 is 15.8 Å². The average Bonchev–Trinajstić information content (AvgIpc) is 3.04. The summed E-state index contributed by atoms with van der Waals surface area (Å²) >= 11 is 1.37. The highest BCUT2D eigenvalue weighted by Crippen LogP contribution is 2.27. The molecule has 1 heterocycles. The predicted octanol–water partition coefficient (Wildman–Crippen LogP) is 2.92. The summed E-state index contributed by atoms with van der Waals surface area (Å²) in [4.78, 5) is 17.4. The molecule has 0 bridgehead atoms. The van der Waals surface area contributed by atoms with E-state index in [1.54, 1.807) is 13.3 Å². The maximum Gasteiger partial charge on any atom is 0.263 e. The first-order valence-electron chi connectivity index (χ1n) is 7.52. The number of carbonyl (C=O) groups excluding carboxylic acids is 1. The lowest BCUT2D eigenvalue weighted by Crippen LogP contribution is -2.54. The molecular weight excluding hydrogens is 310 g/mol. The molecule has 0 radical (unpaired) electrons. The van der Waals surface area contributed by atoms with Gasteiger partial charge in [0.05, 0.1) is 18.8 Å². The highest BCUT2D eigenvalue weighted by atomic mass is 32.1. The number of nitrogens with one attached hydrogen (secondary N) is 1. The average molecular weight is 333 g/mol. The van der Waals surface area contributed by atoms with Crippen LogP contribution in [0.25, 0.3) is 10.6 Å². The largest absolute Gasteiger partial charge is 0.497 e. The van der Waals surface area contributed by atoms with E-state index in [4.69, 9.17) is 10.5 Å². The van der Waals surface area contributed by atoms with Gasteiger partial charge >= 0.3 is 0 Å². The molecule has 0 saturated heterocycles. The molecule has 0 spiro atoms. The number of aromatic nitrogens is 1. The van der Waals surface area contributed by atoms with Gasteiger partial charge in [-0.2, -0.15) is 0 Å². The van der Waals surface area contributed by atoms with Crippen LogP contribution in [0.2, 0.25) is 0 Å². The summed E-state index contributed by atoms with van der Waals surface area (Å²) in [6, 6.07) is 7.61. The van der Waals surface area contributed by atoms with Gasteiger partial charge in [0.1, 0.15) is 15.6 Å². The Kier molecular flexibility index (Phi) is 5.38. The Morgan fingerprint density at radius 3 is 2.57 bits per heavy atom. The number of benzene rings is 1. The van der Waals surface area contributed by atoms with Crippen LogP contribution in [0.15, 0.2) is 30.5 Å². The fraction of sp³-hybridized carbons (Fsp3) is 0.412. The molecule has 0 aliphatic carbocycles. The predicted molar refractivity (Wildman–Crippen MR) is 93.9 cm³/mol. The normalized spacial score (nSPS) is 13.7. The molecule has 0 fully saturated rings. The molecule has 0 aliphatic heterocycles. The van der Waals surface area contributed by atoms with E-state index in [9.17, 15) is 4.79 Å². The second-order valence-corrected chi connectivity index (χ2v) is 7.02. The first-order chi connectivity index (χ1) is 10.9. The van der Waals surface area contributed by atoms with Crippen molar-refractivity contribution >= 4 is 17.2 Å². The molecule has 2 aromatic rings. The van der Waals surface area contributed by atoms with Crippen molar-refractivity contribution in [1.29, 1.82) is 0 Å². The molecule has 3 N–H and O–H groups in total. The van der Waals surface area contributed by atoms with Gasteiger partial charge in [0.2, 0.25) is 0 Å². The van der Waals surface area contributed by atoms with E-state index in [1.165, 1.54) is 11.3 Å². The van der Waals surface area contributed by atoms with Crippen molar-refractivity contribution in [2.45, 2.75) is 26.3 Å². The van der Waals surface area contributed by atoms with Crippen molar-refractivity contribution in [3.63, 3.8) is 0 Å². The maximum absolute atomic E-state index is 12.5. The molecule has 0 aliphatic rings. The summed E-state index contributed by atoms with van der Waals surface area (Å²) in [6.45, 7) is 6.44. The molecule has 5 nitrogen and oxygen atoms in total. The van der Waals surface area contributed by atoms with E-state index >= 15 is 0 Å². The van der Waals surface area contributed by atoms with Gasteiger partial charge in [0.15, 0.2) is 0 Å². The summed E-state index contributed by atoms with van der Waals surface area (Å²) in [5, 5.41) is 3.83. The van der Waals surface area contributed by atoms with Crippen LogP contribution in [-0.4, -0.2) is 30.1 Å². The molecule has 1 aromatic carbocycles. The van der Waals surface area contributed by atoms with Gasteiger partial charge in [0, 0.05) is 12.1 Å². The molecule has 1 aromatic heterocycles. The summed E-state index contributed by atoms with van der Waals surface area (Å²) in [6.07, 6.45) is 1.61. The number of ether oxygens (including phenoxy) is 1. The minimum atomic E-state index is -0.429. The fourth-order valence-corrected chi connectivity index (χ4v) is 2.81. The third-order valence-electron chi connectivity index (χ3n) is 4.16. The smallest absolute Gasteiger partial charge is 0.263 e. The number of carbonyl (C=O) groups is 1. The van der Waals surface area contributed by atoms with Crippen LogP contribution in [0, 0.1) is 5.92 Å². The number of thiazole rings is 1. The van der Waals surface area contributed by atoms with Gasteiger partial charge in [0.25, 0.3) is 5.91 Å². The minimum Gasteiger partial charge on any atom is -0.497 e. The Labute approximate surface area is 140 Å². The van der Waals surface area contributed by atoms with Crippen LogP contribution in [0.3, 0.4) is 0 Å². The first-order valence-corrected chi connectivity index (χ1v) is 8.34. The highest BCUT2D eigenvalue weighted by Gasteiger charge is 2.29. The lowest BCUT2D eigenvalue weighted by molar-refractivity contribution is 0.0887. The van der Waals surface area contributed by atoms with Crippen molar-refractivity contribution in [3.8, 4) is 16.3 Å². The fourth-order valence-electron chi connectivity index (χ4n) is 2.00. The number of nitrogens with two attached hydrogens (primary N) is 1. The summed E-state index contributed by atoms with van der Waals surface area (Å²) < 4.78 is 5.15. The van der Waals surface area contributed by atoms with E-state index < -0.39 is 5.54 Å². The van der Waals surface area contributed by atoms with Crippen molar-refractivity contribution in [2.75, 3.05) is 13.7 Å². The second-order valence-electron chi connectivity index (χ2n) is 5.99. The third kappa shape index (κ3) is 3.89. The van der Waals surface area contributed by atoms with Gasteiger partial charge < -0.3 is 15.8 Å². The zero-order chi connectivity index (χ0) is 17.0. The zero-order valence-corrected chi connectivity index (χ0v) is 14.7. The second kappa shape index (κ2) is 7.10. The number of hydrogen-bond donors (Lipinski definition) is 2. The number of hydrogen-bond acceptors (Lipinski definition) is 5. The molecule has 6 heteroatoms. The van der Waals surface area contributed by atoms with Crippen LogP contribution in [0.4, 0.5) is 0 Å². The summed E-state index contributed by atoms with van der Waals surface area (Å²) in [5.74, 6) is 0.897. The monoisotopic (exact) mass is 333 g/mol. The maximum atomic E-state index is 12.5. The number of methoxy groups -OCH3 is 1. The standard InChI is InChI=1S/C17H23N3O2S/c1-11(2)17(3,10-18)20-15(21)14-9-19-16(23-14)12-5-7-13(22-4)8-6-12/h5-9,11H,10,18H2,1-4H3,(H,20,21). The molecule has 1 unspecified atom stereocenters. The van der Waals surface area contributed by atoms with Gasteiger partial charge in [-0.3, -0.25) is 4.79 Å². The molecule has 2 rings (SSSR count). The first kappa shape index (κ1) is 17.4. The Morgan fingerprint density at radius 1 is 1.39 bits per heavy atom. The van der Waals surface area contributed by atoms with Gasteiger partial charge in [-0.15, -0.1) is 11.3 Å². The van der Waals surface area contributed by atoms with E-state index in [1.807, 2.05) is 45.0 Å². The quantitative estimate of drug-likeness (QED) is 0.852. The zero-order valence-electron chi connectivity index (χ0n) is 13.9. The van der Waals surface area contributed by atoms with Crippen molar-refractivity contribution < 1.29 is 9.53 Å². The topological polar surface area (TPSA) is 77.2 Å². The minimum absolute atomic E-state index is 0.135. The molecule has 1 atom stereocenters. The van der Waals surface area contributed by atoms with Crippen molar-refractivity contribution in [1.82, 2.24) is 10.3 Å². The highest BCUT2D eigenvalue weighted by molar-refractivity contribution is 7.16. The van der Waals surface area contributed by atoms with Crippen LogP contribution in [0.5, 0.6) is 5.75 Å². The van der Waals surface area contributed by atoms with E-state index in [2.05, 4.69) is 10.3 Å². The molecule has 124 valence electrons. The number of amides is 1. The van der Waals surface area contributed by atoms with Crippen LogP contribution >= 0.6 is 11.3 Å². The lowest BCUT2D eigenvalue weighted by atomic mass is 9.88. The Hall–Kier alpha value is -1.92. The molecule has 1 amide bonds. The van der Waals surface area contributed by atoms with E-state index in [0.29, 0.717) is 11.4 Å². The van der Waals surface area contributed by atoms with Crippen LogP contribution in [-0.2, 0) is 0 Å². The summed E-state index contributed by atoms with van der Waals surface area (Å²) in [5.41, 5.74) is 6.35. The molecular formula is C17H23N3O2S. The van der Waals surface area contributed by atoms with Crippen molar-refractivity contribution in [3.05, 3.63) is 35.3 Å². The van der Waals surface area contributed by atoms with E-state index in [-0.39, 0.29) is 11.8 Å². The molecule has 23 heavy (non-hydrogen) atoms. The van der Waals surface area contributed by atoms with Gasteiger partial charge in [-0.25, -0.2) is 4.98 Å². The lowest BCUT2D eigenvalue weighted by Gasteiger charge is -2.33.